The molecule has 2 rings (SSSR count). The lowest BCUT2D eigenvalue weighted by atomic mass is 9.77. The Labute approximate surface area is 167 Å². The van der Waals surface area contributed by atoms with Crippen LogP contribution in [0.1, 0.15) is 121 Å². The summed E-state index contributed by atoms with van der Waals surface area (Å²) in [5.41, 5.74) is 2.37. The molecule has 0 heterocycles. The van der Waals surface area contributed by atoms with Crippen LogP contribution in [-0.4, -0.2) is 16.3 Å². The van der Waals surface area contributed by atoms with E-state index in [0.717, 1.165) is 31.2 Å². The number of phenols is 1. The highest BCUT2D eigenvalue weighted by atomic mass is 16.3. The molecule has 2 nitrogen and oxygen atoms in total. The number of hydrogen-bond donors (Lipinski definition) is 2. The maximum atomic E-state index is 10.6. The summed E-state index contributed by atoms with van der Waals surface area (Å²) in [4.78, 5) is 0. The van der Waals surface area contributed by atoms with Gasteiger partial charge in [-0.2, -0.15) is 0 Å². The fraction of sp³-hybridized carbons (Fsp3) is 0.760. The first-order valence-electron chi connectivity index (χ1n) is 11.5. The first kappa shape index (κ1) is 22.3. The van der Waals surface area contributed by atoms with Crippen molar-refractivity contribution in [3.8, 4) is 5.75 Å². The van der Waals surface area contributed by atoms with Crippen molar-refractivity contribution < 1.29 is 10.2 Å². The third kappa shape index (κ3) is 7.14. The summed E-state index contributed by atoms with van der Waals surface area (Å²) in [6, 6.07) is 6.31. The molecule has 154 valence electrons. The summed E-state index contributed by atoms with van der Waals surface area (Å²) in [5.74, 6) is 0.731. The standard InChI is InChI=1S/C25H42O2/c1-4-5-6-7-8-9-10-11-17-25(2,3)21-15-16-23(24(27)19-21)20-13-12-14-22(26)18-20/h15-16,19-20,22,26-27H,4-14,17-18H2,1-3H3/t20-,22-/m1/s1. The van der Waals surface area contributed by atoms with E-state index in [2.05, 4.69) is 32.9 Å². The maximum absolute atomic E-state index is 10.6. The van der Waals surface area contributed by atoms with Crippen LogP contribution in [0, 0.1) is 0 Å². The smallest absolute Gasteiger partial charge is 0.119 e. The maximum Gasteiger partial charge on any atom is 0.119 e. The van der Waals surface area contributed by atoms with E-state index < -0.39 is 0 Å². The molecule has 2 atom stereocenters. The van der Waals surface area contributed by atoms with Gasteiger partial charge < -0.3 is 10.2 Å². The van der Waals surface area contributed by atoms with Gasteiger partial charge in [0, 0.05) is 0 Å². The summed E-state index contributed by atoms with van der Waals surface area (Å²) in [5, 5.41) is 20.6. The van der Waals surface area contributed by atoms with Crippen LogP contribution >= 0.6 is 0 Å². The quantitative estimate of drug-likeness (QED) is 0.401. The highest BCUT2D eigenvalue weighted by molar-refractivity contribution is 5.41. The third-order valence-electron chi connectivity index (χ3n) is 6.55. The number of hydrogen-bond acceptors (Lipinski definition) is 2. The molecule has 2 heteroatoms. The Morgan fingerprint density at radius 3 is 2.26 bits per heavy atom. The van der Waals surface area contributed by atoms with E-state index in [-0.39, 0.29) is 11.5 Å². The van der Waals surface area contributed by atoms with E-state index in [0.29, 0.717) is 11.7 Å². The molecule has 0 aliphatic heterocycles. The molecule has 1 aliphatic carbocycles. The van der Waals surface area contributed by atoms with Crippen LogP contribution < -0.4 is 0 Å². The van der Waals surface area contributed by atoms with Crippen molar-refractivity contribution in [2.45, 2.75) is 122 Å². The van der Waals surface area contributed by atoms with Gasteiger partial charge in [-0.15, -0.1) is 0 Å². The molecule has 0 amide bonds. The van der Waals surface area contributed by atoms with Crippen molar-refractivity contribution in [2.24, 2.45) is 0 Å². The van der Waals surface area contributed by atoms with E-state index >= 15 is 0 Å². The third-order valence-corrected chi connectivity index (χ3v) is 6.55. The molecule has 1 aromatic rings. The van der Waals surface area contributed by atoms with Crippen molar-refractivity contribution in [2.75, 3.05) is 0 Å². The monoisotopic (exact) mass is 374 g/mol. The number of benzene rings is 1. The lowest BCUT2D eigenvalue weighted by Gasteiger charge is -2.29. The number of aliphatic hydroxyl groups excluding tert-OH is 1. The molecule has 0 saturated heterocycles. The Morgan fingerprint density at radius 2 is 1.63 bits per heavy atom. The second kappa shape index (κ2) is 11.1. The fourth-order valence-electron chi connectivity index (χ4n) is 4.60. The molecule has 0 aromatic heterocycles. The normalized spacial score (nSPS) is 20.7. The van der Waals surface area contributed by atoms with Gasteiger partial charge in [0.15, 0.2) is 0 Å². The molecule has 27 heavy (non-hydrogen) atoms. The summed E-state index contributed by atoms with van der Waals surface area (Å²) in [7, 11) is 0. The van der Waals surface area contributed by atoms with Crippen molar-refractivity contribution >= 4 is 0 Å². The van der Waals surface area contributed by atoms with Gasteiger partial charge in [-0.3, -0.25) is 0 Å². The number of aromatic hydroxyl groups is 1. The van der Waals surface area contributed by atoms with Crippen LogP contribution in [0.4, 0.5) is 0 Å². The van der Waals surface area contributed by atoms with Gasteiger partial charge >= 0.3 is 0 Å². The van der Waals surface area contributed by atoms with Gasteiger partial charge in [0.05, 0.1) is 6.10 Å². The zero-order chi connectivity index (χ0) is 19.7. The van der Waals surface area contributed by atoms with Crippen LogP contribution in [0.15, 0.2) is 18.2 Å². The number of aliphatic hydroxyl groups is 1. The van der Waals surface area contributed by atoms with Gasteiger partial charge in [-0.1, -0.05) is 90.7 Å². The molecule has 0 bridgehead atoms. The van der Waals surface area contributed by atoms with Gasteiger partial charge in [0.25, 0.3) is 0 Å². The predicted molar refractivity (Wildman–Crippen MR) is 116 cm³/mol. The largest absolute Gasteiger partial charge is 0.508 e. The van der Waals surface area contributed by atoms with E-state index in [4.69, 9.17) is 0 Å². The Morgan fingerprint density at radius 1 is 0.963 bits per heavy atom. The number of unbranched alkanes of at least 4 members (excludes halogenated alkanes) is 7. The lowest BCUT2D eigenvalue weighted by Crippen LogP contribution is -2.19. The number of rotatable bonds is 11. The molecule has 1 aromatic carbocycles. The van der Waals surface area contributed by atoms with Gasteiger partial charge in [-0.25, -0.2) is 0 Å². The van der Waals surface area contributed by atoms with Crippen molar-refractivity contribution in [1.82, 2.24) is 0 Å². The summed E-state index contributed by atoms with van der Waals surface area (Å²) < 4.78 is 0. The van der Waals surface area contributed by atoms with E-state index in [1.54, 1.807) is 0 Å². The predicted octanol–water partition coefficient (Wildman–Crippen LogP) is 7.22. The molecule has 1 aliphatic rings. The molecule has 1 fully saturated rings. The minimum Gasteiger partial charge on any atom is -0.508 e. The van der Waals surface area contributed by atoms with E-state index in [1.165, 1.54) is 63.4 Å². The van der Waals surface area contributed by atoms with Gasteiger partial charge in [-0.05, 0) is 54.2 Å². The molecule has 1 saturated carbocycles. The lowest BCUT2D eigenvalue weighted by molar-refractivity contribution is 0.119. The highest BCUT2D eigenvalue weighted by Crippen LogP contribution is 2.40. The Bertz CT molecular complexity index is 549. The summed E-state index contributed by atoms with van der Waals surface area (Å²) >= 11 is 0. The van der Waals surface area contributed by atoms with Crippen molar-refractivity contribution in [3.63, 3.8) is 0 Å². The van der Waals surface area contributed by atoms with Crippen LogP contribution in [0.2, 0.25) is 0 Å². The average molecular weight is 375 g/mol. The van der Waals surface area contributed by atoms with E-state index in [9.17, 15) is 10.2 Å². The minimum atomic E-state index is -0.207. The van der Waals surface area contributed by atoms with Crippen LogP contribution in [0.5, 0.6) is 5.75 Å². The molecule has 0 radical (unpaired) electrons. The minimum absolute atomic E-state index is 0.101. The van der Waals surface area contributed by atoms with Crippen molar-refractivity contribution in [1.29, 1.82) is 0 Å². The van der Waals surface area contributed by atoms with Crippen molar-refractivity contribution in [3.05, 3.63) is 29.3 Å². The fourth-order valence-corrected chi connectivity index (χ4v) is 4.60. The second-order valence-corrected chi connectivity index (χ2v) is 9.40. The topological polar surface area (TPSA) is 40.5 Å². The molecular formula is C25H42O2. The average Bonchev–Trinajstić information content (AvgIpc) is 2.63. The van der Waals surface area contributed by atoms with Crippen LogP contribution in [-0.2, 0) is 5.41 Å². The zero-order valence-electron chi connectivity index (χ0n) is 18.0. The second-order valence-electron chi connectivity index (χ2n) is 9.40. The Kier molecular flexibility index (Phi) is 9.15. The van der Waals surface area contributed by atoms with Gasteiger partial charge in [0.2, 0.25) is 0 Å². The first-order chi connectivity index (χ1) is 12.9. The van der Waals surface area contributed by atoms with Crippen LogP contribution in [0.25, 0.3) is 0 Å². The Balaban J connectivity index is 1.82. The Hall–Kier alpha value is -1.02. The van der Waals surface area contributed by atoms with Crippen LogP contribution in [0.3, 0.4) is 0 Å². The molecule has 0 unspecified atom stereocenters. The first-order valence-corrected chi connectivity index (χ1v) is 11.5. The van der Waals surface area contributed by atoms with Gasteiger partial charge in [0.1, 0.15) is 5.75 Å². The van der Waals surface area contributed by atoms with E-state index in [1.807, 2.05) is 6.07 Å². The zero-order valence-corrected chi connectivity index (χ0v) is 18.0. The number of phenolic OH excluding ortho intramolecular Hbond substituents is 1. The molecule has 0 spiro atoms. The summed E-state index contributed by atoms with van der Waals surface area (Å²) in [6.07, 6.45) is 15.6. The molecular weight excluding hydrogens is 332 g/mol. The SMILES string of the molecule is CCCCCCCCCCC(C)(C)c1ccc([C@@H]2CCC[C@@H](O)C2)c(O)c1. The molecule has 2 N–H and O–H groups in total. The summed E-state index contributed by atoms with van der Waals surface area (Å²) in [6.45, 7) is 6.87. The highest BCUT2D eigenvalue weighted by Gasteiger charge is 2.26.